The van der Waals surface area contributed by atoms with E-state index in [0.717, 1.165) is 0 Å². The molecule has 3 N–H and O–H groups in total. The van der Waals surface area contributed by atoms with Crippen molar-refractivity contribution in [1.29, 1.82) is 0 Å². The van der Waals surface area contributed by atoms with E-state index in [1.165, 1.54) is 32.1 Å². The largest absolute Gasteiger partial charge is 0.353 e. The second kappa shape index (κ2) is 7.93. The molecule has 0 aromatic heterocycles. The van der Waals surface area contributed by atoms with Crippen LogP contribution in [0.15, 0.2) is 0 Å². The number of hydrogen-bond acceptors (Lipinski definition) is 2. The minimum atomic E-state index is -0.0916. The summed E-state index contributed by atoms with van der Waals surface area (Å²) in [5.41, 5.74) is 5.73. The topological polar surface area (TPSA) is 55.1 Å². The van der Waals surface area contributed by atoms with Crippen LogP contribution >= 0.6 is 12.4 Å². The molecule has 3 atom stereocenters. The normalized spacial score (nSPS) is 22.1. The maximum absolute atomic E-state index is 11.8. The van der Waals surface area contributed by atoms with Gasteiger partial charge in [0.1, 0.15) is 0 Å². The molecular formula is C13H27ClN2O. The third kappa shape index (κ3) is 5.26. The molecule has 0 radical (unpaired) electrons. The van der Waals surface area contributed by atoms with Gasteiger partial charge in [-0.1, -0.05) is 26.2 Å². The van der Waals surface area contributed by atoms with Crippen LogP contribution in [0.2, 0.25) is 0 Å². The first kappa shape index (κ1) is 16.7. The molecule has 1 aliphatic rings. The summed E-state index contributed by atoms with van der Waals surface area (Å²) in [6.07, 6.45) is 6.50. The molecule has 1 amide bonds. The number of hydrogen-bond donors (Lipinski definition) is 2. The number of carbonyl (C=O) groups is 1. The van der Waals surface area contributed by atoms with Crippen LogP contribution < -0.4 is 11.1 Å². The van der Waals surface area contributed by atoms with Gasteiger partial charge in [0, 0.05) is 18.0 Å². The summed E-state index contributed by atoms with van der Waals surface area (Å²) in [6.45, 7) is 5.91. The van der Waals surface area contributed by atoms with Gasteiger partial charge in [-0.15, -0.1) is 12.4 Å². The maximum Gasteiger partial charge on any atom is 0.224 e. The Hall–Kier alpha value is -0.280. The fraction of sp³-hybridized carbons (Fsp3) is 0.923. The Morgan fingerprint density at radius 3 is 2.18 bits per heavy atom. The van der Waals surface area contributed by atoms with Crippen LogP contribution in [-0.4, -0.2) is 18.0 Å². The van der Waals surface area contributed by atoms with E-state index in [1.807, 2.05) is 13.8 Å². The molecule has 0 spiro atoms. The van der Waals surface area contributed by atoms with Gasteiger partial charge < -0.3 is 11.1 Å². The first-order valence-electron chi connectivity index (χ1n) is 6.58. The van der Waals surface area contributed by atoms with Gasteiger partial charge in [-0.2, -0.15) is 0 Å². The van der Waals surface area contributed by atoms with Crippen LogP contribution in [0.5, 0.6) is 0 Å². The average Bonchev–Trinajstić information content (AvgIpc) is 2.28. The molecule has 1 aliphatic carbocycles. The Morgan fingerprint density at radius 2 is 1.71 bits per heavy atom. The summed E-state index contributed by atoms with van der Waals surface area (Å²) < 4.78 is 0. The summed E-state index contributed by atoms with van der Waals surface area (Å²) >= 11 is 0. The van der Waals surface area contributed by atoms with Crippen LogP contribution in [0.4, 0.5) is 0 Å². The summed E-state index contributed by atoms with van der Waals surface area (Å²) in [4.78, 5) is 11.8. The number of nitrogens with one attached hydrogen (secondary N) is 1. The summed E-state index contributed by atoms with van der Waals surface area (Å²) in [7, 11) is 0. The molecule has 3 unspecified atom stereocenters. The summed E-state index contributed by atoms with van der Waals surface area (Å²) in [5, 5.41) is 3.11. The number of carbonyl (C=O) groups excluding carboxylic acids is 1. The van der Waals surface area contributed by atoms with Crippen LogP contribution in [0.1, 0.15) is 52.9 Å². The molecule has 1 saturated carbocycles. The Morgan fingerprint density at radius 1 is 1.18 bits per heavy atom. The van der Waals surface area contributed by atoms with E-state index in [2.05, 4.69) is 12.2 Å². The second-order valence-electron chi connectivity index (χ2n) is 5.34. The van der Waals surface area contributed by atoms with Crippen molar-refractivity contribution in [2.45, 2.75) is 65.0 Å². The zero-order chi connectivity index (χ0) is 12.1. The molecule has 0 aromatic carbocycles. The maximum atomic E-state index is 11.8. The lowest BCUT2D eigenvalue weighted by Crippen LogP contribution is -2.45. The van der Waals surface area contributed by atoms with Crippen LogP contribution in [0, 0.1) is 11.8 Å². The summed E-state index contributed by atoms with van der Waals surface area (Å²) in [6, 6.07) is 0.229. The highest BCUT2D eigenvalue weighted by molar-refractivity contribution is 5.85. The molecule has 1 rings (SSSR count). The van der Waals surface area contributed by atoms with E-state index in [0.29, 0.717) is 12.0 Å². The molecule has 102 valence electrons. The highest BCUT2D eigenvalue weighted by Gasteiger charge is 2.24. The number of halogens is 1. The molecule has 17 heavy (non-hydrogen) atoms. The molecule has 0 saturated heterocycles. The second-order valence-corrected chi connectivity index (χ2v) is 5.34. The van der Waals surface area contributed by atoms with Gasteiger partial charge in [0.15, 0.2) is 0 Å². The predicted molar refractivity (Wildman–Crippen MR) is 74.2 cm³/mol. The zero-order valence-electron chi connectivity index (χ0n) is 11.2. The molecule has 0 aromatic rings. The smallest absolute Gasteiger partial charge is 0.224 e. The van der Waals surface area contributed by atoms with E-state index in [-0.39, 0.29) is 30.3 Å². The van der Waals surface area contributed by atoms with E-state index in [9.17, 15) is 4.79 Å². The quantitative estimate of drug-likeness (QED) is 0.818. The van der Waals surface area contributed by atoms with Crippen LogP contribution in [0.3, 0.4) is 0 Å². The highest BCUT2D eigenvalue weighted by Crippen LogP contribution is 2.26. The van der Waals surface area contributed by atoms with Crippen LogP contribution in [-0.2, 0) is 4.79 Å². The molecular weight excluding hydrogens is 236 g/mol. The van der Waals surface area contributed by atoms with E-state index < -0.39 is 0 Å². The standard InChI is InChI=1S/C13H26N2O.ClH/c1-9(10(2)14)13(16)15-11(3)12-7-5-4-6-8-12;/h9-12H,4-8,14H2,1-3H3,(H,15,16);1H. The van der Waals surface area contributed by atoms with Gasteiger partial charge in [0.2, 0.25) is 5.91 Å². The first-order chi connectivity index (χ1) is 7.52. The zero-order valence-corrected chi connectivity index (χ0v) is 12.1. The lowest BCUT2D eigenvalue weighted by atomic mass is 9.84. The third-order valence-corrected chi connectivity index (χ3v) is 3.93. The van der Waals surface area contributed by atoms with Gasteiger partial charge in [-0.05, 0) is 32.6 Å². The fourth-order valence-electron chi connectivity index (χ4n) is 2.35. The van der Waals surface area contributed by atoms with Crippen molar-refractivity contribution in [2.75, 3.05) is 0 Å². The average molecular weight is 263 g/mol. The van der Waals surface area contributed by atoms with Crippen molar-refractivity contribution in [3.05, 3.63) is 0 Å². The van der Waals surface area contributed by atoms with Crippen molar-refractivity contribution in [3.8, 4) is 0 Å². The molecule has 1 fully saturated rings. The number of amides is 1. The number of nitrogens with two attached hydrogens (primary N) is 1. The Labute approximate surface area is 111 Å². The Balaban J connectivity index is 0.00000256. The SMILES string of the molecule is CC(N)C(C)C(=O)NC(C)C1CCCCC1.Cl. The summed E-state index contributed by atoms with van der Waals surface area (Å²) in [5.74, 6) is 0.678. The first-order valence-corrected chi connectivity index (χ1v) is 6.58. The molecule has 0 aliphatic heterocycles. The number of rotatable bonds is 4. The van der Waals surface area contributed by atoms with E-state index in [1.54, 1.807) is 0 Å². The molecule has 0 bridgehead atoms. The van der Waals surface area contributed by atoms with E-state index in [4.69, 9.17) is 5.73 Å². The lowest BCUT2D eigenvalue weighted by molar-refractivity contribution is -0.126. The minimum absolute atomic E-state index is 0. The van der Waals surface area contributed by atoms with Crippen molar-refractivity contribution in [3.63, 3.8) is 0 Å². The highest BCUT2D eigenvalue weighted by atomic mass is 35.5. The Bertz CT molecular complexity index is 227. The monoisotopic (exact) mass is 262 g/mol. The Kier molecular flexibility index (Phi) is 7.80. The van der Waals surface area contributed by atoms with Crippen molar-refractivity contribution >= 4 is 18.3 Å². The molecule has 0 heterocycles. The van der Waals surface area contributed by atoms with E-state index >= 15 is 0 Å². The van der Waals surface area contributed by atoms with Crippen LogP contribution in [0.25, 0.3) is 0 Å². The molecule has 4 heteroatoms. The lowest BCUT2D eigenvalue weighted by Gasteiger charge is -2.29. The van der Waals surface area contributed by atoms with Gasteiger partial charge >= 0.3 is 0 Å². The van der Waals surface area contributed by atoms with Crippen molar-refractivity contribution in [1.82, 2.24) is 5.32 Å². The van der Waals surface area contributed by atoms with Gasteiger partial charge in [0.25, 0.3) is 0 Å². The van der Waals surface area contributed by atoms with Crippen molar-refractivity contribution in [2.24, 2.45) is 17.6 Å². The molecule has 3 nitrogen and oxygen atoms in total. The third-order valence-electron chi connectivity index (χ3n) is 3.93. The van der Waals surface area contributed by atoms with Crippen molar-refractivity contribution < 1.29 is 4.79 Å². The minimum Gasteiger partial charge on any atom is -0.353 e. The van der Waals surface area contributed by atoms with Gasteiger partial charge in [-0.25, -0.2) is 0 Å². The predicted octanol–water partition coefficient (Wildman–Crippen LogP) is 2.48. The fourth-order valence-corrected chi connectivity index (χ4v) is 2.35. The van der Waals surface area contributed by atoms with Gasteiger partial charge in [0.05, 0.1) is 0 Å². The van der Waals surface area contributed by atoms with Gasteiger partial charge in [-0.3, -0.25) is 4.79 Å².